The average Bonchev–Trinajstić information content (AvgIpc) is 2.72. The molecule has 0 saturated carbocycles. The Hall–Kier alpha value is -2.45. The summed E-state index contributed by atoms with van der Waals surface area (Å²) in [5, 5.41) is 1.43. The second kappa shape index (κ2) is 9.16. The fraction of sp³-hybridized carbons (Fsp3) is 0.269. The van der Waals surface area contributed by atoms with E-state index in [-0.39, 0.29) is 5.92 Å². The van der Waals surface area contributed by atoms with E-state index in [4.69, 9.17) is 0 Å². The van der Waals surface area contributed by atoms with Gasteiger partial charge in [-0.15, -0.1) is 0 Å². The first-order valence-electron chi connectivity index (χ1n) is 10.2. The van der Waals surface area contributed by atoms with E-state index in [1.54, 1.807) is 0 Å². The molecule has 3 aromatic rings. The third kappa shape index (κ3) is 5.29. The maximum absolute atomic E-state index is 13.4. The average molecular weight is 387 g/mol. The van der Waals surface area contributed by atoms with Crippen molar-refractivity contribution in [2.24, 2.45) is 5.92 Å². The molecule has 1 atom stereocenters. The van der Waals surface area contributed by atoms with Gasteiger partial charge in [-0.2, -0.15) is 0 Å². The Morgan fingerprint density at radius 3 is 2.00 bits per heavy atom. The van der Waals surface area contributed by atoms with Gasteiger partial charge in [0.25, 0.3) is 0 Å². The van der Waals surface area contributed by atoms with Crippen molar-refractivity contribution in [1.82, 2.24) is 0 Å². The maximum atomic E-state index is 13.4. The first kappa shape index (κ1) is 20.3. The molecule has 2 heteroatoms. The fourth-order valence-corrected chi connectivity index (χ4v) is 6.84. The lowest BCUT2D eigenvalue weighted by Crippen LogP contribution is -2.44. The van der Waals surface area contributed by atoms with Crippen LogP contribution >= 0.6 is 0 Å². The molecule has 0 radical (unpaired) electrons. The minimum absolute atomic E-state index is 0.0600. The van der Waals surface area contributed by atoms with Crippen LogP contribution in [0.2, 0.25) is 19.1 Å². The molecular formula is C26H30OSi. The Kier molecular flexibility index (Phi) is 6.64. The highest BCUT2D eigenvalue weighted by Gasteiger charge is 2.31. The predicted octanol–water partition coefficient (Wildman–Crippen LogP) is 6.04. The lowest BCUT2D eigenvalue weighted by Gasteiger charge is -2.28. The van der Waals surface area contributed by atoms with Crippen molar-refractivity contribution in [2.75, 3.05) is 0 Å². The van der Waals surface area contributed by atoms with Gasteiger partial charge in [-0.3, -0.25) is 4.79 Å². The second-order valence-electron chi connectivity index (χ2n) is 8.41. The highest BCUT2D eigenvalue weighted by Crippen LogP contribution is 2.26. The Morgan fingerprint density at radius 1 is 0.821 bits per heavy atom. The van der Waals surface area contributed by atoms with Crippen LogP contribution < -0.4 is 5.19 Å². The summed E-state index contributed by atoms with van der Waals surface area (Å²) in [5.74, 6) is 0.359. The third-order valence-electron chi connectivity index (χ3n) is 5.64. The Labute approximate surface area is 170 Å². The molecule has 0 aliphatic carbocycles. The third-order valence-corrected chi connectivity index (χ3v) is 9.05. The highest BCUT2D eigenvalue weighted by molar-refractivity contribution is 6.90. The summed E-state index contributed by atoms with van der Waals surface area (Å²) in [5.41, 5.74) is 3.35. The van der Waals surface area contributed by atoms with Gasteiger partial charge in [0.15, 0.2) is 5.78 Å². The normalized spacial score (nSPS) is 12.5. The van der Waals surface area contributed by atoms with Crippen LogP contribution in [0.4, 0.5) is 0 Å². The van der Waals surface area contributed by atoms with Crippen molar-refractivity contribution in [2.45, 2.75) is 38.9 Å². The van der Waals surface area contributed by atoms with Gasteiger partial charge >= 0.3 is 0 Å². The van der Waals surface area contributed by atoms with E-state index in [2.05, 4.69) is 74.6 Å². The zero-order valence-electron chi connectivity index (χ0n) is 17.2. The Bertz CT molecular complexity index is 883. The van der Waals surface area contributed by atoms with Crippen LogP contribution in [-0.2, 0) is 6.42 Å². The Morgan fingerprint density at radius 2 is 1.39 bits per heavy atom. The minimum atomic E-state index is -1.71. The molecule has 0 fully saturated rings. The molecule has 0 aromatic heterocycles. The molecule has 0 aliphatic heterocycles. The molecule has 0 bridgehead atoms. The first-order chi connectivity index (χ1) is 13.5. The summed E-state index contributed by atoms with van der Waals surface area (Å²) >= 11 is 0. The van der Waals surface area contributed by atoms with Crippen molar-refractivity contribution in [3.05, 3.63) is 102 Å². The molecule has 144 valence electrons. The van der Waals surface area contributed by atoms with E-state index in [1.165, 1.54) is 16.3 Å². The largest absolute Gasteiger partial charge is 0.294 e. The molecule has 0 amide bonds. The lowest BCUT2D eigenvalue weighted by atomic mass is 9.92. The van der Waals surface area contributed by atoms with Crippen LogP contribution in [0.1, 0.15) is 27.9 Å². The molecule has 0 N–H and O–H groups in total. The van der Waals surface area contributed by atoms with Crippen LogP contribution in [-0.4, -0.2) is 13.9 Å². The van der Waals surface area contributed by atoms with Crippen molar-refractivity contribution in [3.63, 3.8) is 0 Å². The zero-order chi connectivity index (χ0) is 20.0. The van der Waals surface area contributed by atoms with E-state index < -0.39 is 8.07 Å². The quantitative estimate of drug-likeness (QED) is 0.340. The smallest absolute Gasteiger partial charge is 0.165 e. The SMILES string of the molecule is Cc1ccc(C(=O)C(CCc2ccccc2)C[Si](C)(C)c2ccccc2)cc1. The van der Waals surface area contributed by atoms with Crippen LogP contribution in [0.25, 0.3) is 0 Å². The summed E-state index contributed by atoms with van der Waals surface area (Å²) in [7, 11) is -1.71. The van der Waals surface area contributed by atoms with Gasteiger partial charge in [-0.1, -0.05) is 109 Å². The zero-order valence-corrected chi connectivity index (χ0v) is 18.2. The monoisotopic (exact) mass is 386 g/mol. The molecule has 1 nitrogen and oxygen atoms in total. The molecular weight excluding hydrogens is 356 g/mol. The van der Waals surface area contributed by atoms with E-state index in [0.29, 0.717) is 5.78 Å². The number of hydrogen-bond donors (Lipinski definition) is 0. The molecule has 0 heterocycles. The van der Waals surface area contributed by atoms with Crippen LogP contribution in [0.3, 0.4) is 0 Å². The van der Waals surface area contributed by atoms with Crippen molar-refractivity contribution in [1.29, 1.82) is 0 Å². The number of Topliss-reactive ketones (excluding diaryl/α,β-unsaturated/α-hetero) is 1. The summed E-state index contributed by atoms with van der Waals surface area (Å²) in [4.78, 5) is 13.4. The summed E-state index contributed by atoms with van der Waals surface area (Å²) in [6, 6.07) is 30.3. The van der Waals surface area contributed by atoms with Crippen LogP contribution in [0.5, 0.6) is 0 Å². The topological polar surface area (TPSA) is 17.1 Å². The summed E-state index contributed by atoms with van der Waals surface area (Å²) in [6.07, 6.45) is 1.85. The van der Waals surface area contributed by atoms with Gasteiger partial charge in [0.2, 0.25) is 0 Å². The molecule has 1 unspecified atom stereocenters. The minimum Gasteiger partial charge on any atom is -0.294 e. The van der Waals surface area contributed by atoms with Gasteiger partial charge in [0.05, 0.1) is 8.07 Å². The predicted molar refractivity (Wildman–Crippen MR) is 122 cm³/mol. The van der Waals surface area contributed by atoms with E-state index in [9.17, 15) is 4.79 Å². The highest BCUT2D eigenvalue weighted by atomic mass is 28.3. The van der Waals surface area contributed by atoms with Gasteiger partial charge < -0.3 is 0 Å². The Balaban J connectivity index is 1.82. The lowest BCUT2D eigenvalue weighted by molar-refractivity contribution is 0.0923. The van der Waals surface area contributed by atoms with Crippen molar-refractivity contribution in [3.8, 4) is 0 Å². The van der Waals surface area contributed by atoms with E-state index in [0.717, 1.165) is 24.4 Å². The van der Waals surface area contributed by atoms with Gasteiger partial charge in [0, 0.05) is 11.5 Å². The van der Waals surface area contributed by atoms with E-state index in [1.807, 2.05) is 30.3 Å². The van der Waals surface area contributed by atoms with Crippen LogP contribution in [0, 0.1) is 12.8 Å². The molecule has 28 heavy (non-hydrogen) atoms. The second-order valence-corrected chi connectivity index (χ2v) is 13.2. The number of aryl methyl sites for hydroxylation is 2. The first-order valence-corrected chi connectivity index (χ1v) is 13.4. The summed E-state index contributed by atoms with van der Waals surface area (Å²) in [6.45, 7) is 6.84. The number of ketones is 1. The van der Waals surface area contributed by atoms with Gasteiger partial charge in [0.1, 0.15) is 0 Å². The number of benzene rings is 3. The number of hydrogen-bond acceptors (Lipinski definition) is 1. The number of rotatable bonds is 8. The molecule has 3 aromatic carbocycles. The van der Waals surface area contributed by atoms with Crippen molar-refractivity contribution < 1.29 is 4.79 Å². The summed E-state index contributed by atoms with van der Waals surface area (Å²) < 4.78 is 0. The molecule has 0 aliphatic rings. The standard InChI is InChI=1S/C26H30OSi/c1-21-14-17-23(18-15-21)26(27)24(19-16-22-10-6-4-7-11-22)20-28(2,3)25-12-8-5-9-13-25/h4-15,17-18,24H,16,19-20H2,1-3H3. The number of carbonyl (C=O) groups excluding carboxylic acids is 1. The fourth-order valence-electron chi connectivity index (χ4n) is 3.89. The van der Waals surface area contributed by atoms with Gasteiger partial charge in [-0.05, 0) is 31.4 Å². The molecule has 0 saturated heterocycles. The number of carbonyl (C=O) groups is 1. The van der Waals surface area contributed by atoms with E-state index >= 15 is 0 Å². The van der Waals surface area contributed by atoms with Crippen LogP contribution in [0.15, 0.2) is 84.9 Å². The maximum Gasteiger partial charge on any atom is 0.165 e. The molecule has 0 spiro atoms. The van der Waals surface area contributed by atoms with Gasteiger partial charge in [-0.25, -0.2) is 0 Å². The molecule has 3 rings (SSSR count). The van der Waals surface area contributed by atoms with Crippen molar-refractivity contribution >= 4 is 19.0 Å².